The number of amides is 1. The first-order chi connectivity index (χ1) is 9.58. The molecule has 0 bridgehead atoms. The highest BCUT2D eigenvalue weighted by molar-refractivity contribution is 7.21. The van der Waals surface area contributed by atoms with E-state index in [1.807, 2.05) is 24.3 Å². The summed E-state index contributed by atoms with van der Waals surface area (Å²) >= 11 is 7.59. The average Bonchev–Trinajstić information content (AvgIpc) is 3.20. The summed E-state index contributed by atoms with van der Waals surface area (Å²) in [6, 6.07) is 7.56. The van der Waals surface area contributed by atoms with Gasteiger partial charge in [-0.15, -0.1) is 11.3 Å². The lowest BCUT2D eigenvalue weighted by Crippen LogP contribution is -2.37. The van der Waals surface area contributed by atoms with Crippen LogP contribution >= 0.6 is 22.9 Å². The van der Waals surface area contributed by atoms with E-state index in [9.17, 15) is 9.59 Å². The minimum Gasteiger partial charge on any atom is -0.480 e. The second kappa shape index (κ2) is 5.07. The smallest absolute Gasteiger partial charge is 0.323 e. The van der Waals surface area contributed by atoms with Crippen molar-refractivity contribution in [3.05, 3.63) is 34.2 Å². The number of halogens is 1. The molecule has 1 saturated carbocycles. The minimum atomic E-state index is -0.998. The third kappa shape index (κ3) is 2.39. The van der Waals surface area contributed by atoms with Gasteiger partial charge in [0.15, 0.2) is 0 Å². The summed E-state index contributed by atoms with van der Waals surface area (Å²) < 4.78 is 0.937. The van der Waals surface area contributed by atoms with Crippen molar-refractivity contribution in [3.63, 3.8) is 0 Å². The number of aliphatic carboxylic acids is 1. The van der Waals surface area contributed by atoms with Crippen LogP contribution in [0.25, 0.3) is 10.1 Å². The number of thiophene rings is 1. The fourth-order valence-corrected chi connectivity index (χ4v) is 3.65. The molecule has 0 aliphatic heterocycles. The average molecular weight is 310 g/mol. The molecule has 1 heterocycles. The summed E-state index contributed by atoms with van der Waals surface area (Å²) in [4.78, 5) is 25.3. The van der Waals surface area contributed by atoms with Crippen molar-refractivity contribution in [2.75, 3.05) is 6.54 Å². The van der Waals surface area contributed by atoms with Crippen LogP contribution in [-0.2, 0) is 4.79 Å². The van der Waals surface area contributed by atoms with Crippen LogP contribution in [0.15, 0.2) is 24.3 Å². The molecular formula is C14H12ClNO3S. The summed E-state index contributed by atoms with van der Waals surface area (Å²) in [6.45, 7) is -0.270. The highest BCUT2D eigenvalue weighted by atomic mass is 35.5. The van der Waals surface area contributed by atoms with E-state index < -0.39 is 5.97 Å². The maximum absolute atomic E-state index is 12.5. The molecule has 6 heteroatoms. The molecule has 1 aromatic heterocycles. The first-order valence-corrected chi connectivity index (χ1v) is 7.47. The van der Waals surface area contributed by atoms with E-state index in [0.29, 0.717) is 9.90 Å². The Morgan fingerprint density at radius 3 is 2.65 bits per heavy atom. The summed E-state index contributed by atoms with van der Waals surface area (Å²) in [5.41, 5.74) is 0. The second-order valence-corrected chi connectivity index (χ2v) is 6.23. The lowest BCUT2D eigenvalue weighted by atomic mass is 10.2. The van der Waals surface area contributed by atoms with Crippen molar-refractivity contribution < 1.29 is 14.7 Å². The van der Waals surface area contributed by atoms with Crippen molar-refractivity contribution in [2.45, 2.75) is 18.9 Å². The first kappa shape index (κ1) is 13.4. The Morgan fingerprint density at radius 1 is 1.35 bits per heavy atom. The second-order valence-electron chi connectivity index (χ2n) is 4.80. The third-order valence-corrected chi connectivity index (χ3v) is 4.95. The maximum Gasteiger partial charge on any atom is 0.323 e. The number of nitrogens with zero attached hydrogens (tertiary/aromatic N) is 1. The van der Waals surface area contributed by atoms with E-state index in [4.69, 9.17) is 16.7 Å². The Hall–Kier alpha value is -1.59. The Kier molecular flexibility index (Phi) is 3.40. The summed E-state index contributed by atoms with van der Waals surface area (Å²) in [5, 5.41) is 10.2. The Bertz CT molecular complexity index is 693. The minimum absolute atomic E-state index is 0.0416. The van der Waals surface area contributed by atoms with Gasteiger partial charge >= 0.3 is 5.97 Å². The quantitative estimate of drug-likeness (QED) is 0.943. The van der Waals surface area contributed by atoms with Gasteiger partial charge in [0, 0.05) is 16.1 Å². The number of carbonyl (C=O) groups is 2. The predicted molar refractivity (Wildman–Crippen MR) is 78.5 cm³/mol. The molecule has 1 aromatic carbocycles. The normalized spacial score (nSPS) is 14.4. The molecule has 0 radical (unpaired) electrons. The molecule has 0 saturated heterocycles. The van der Waals surface area contributed by atoms with E-state index >= 15 is 0 Å². The number of hydrogen-bond acceptors (Lipinski definition) is 3. The molecule has 0 spiro atoms. The molecule has 4 nitrogen and oxygen atoms in total. The molecule has 104 valence electrons. The lowest BCUT2D eigenvalue weighted by Gasteiger charge is -2.19. The van der Waals surface area contributed by atoms with E-state index in [2.05, 4.69) is 0 Å². The van der Waals surface area contributed by atoms with Gasteiger partial charge in [0.1, 0.15) is 11.4 Å². The van der Waals surface area contributed by atoms with Crippen LogP contribution in [-0.4, -0.2) is 34.5 Å². The number of carboxylic acids is 1. The molecule has 1 fully saturated rings. The summed E-state index contributed by atoms with van der Waals surface area (Å²) in [5.74, 6) is -1.27. The van der Waals surface area contributed by atoms with Crippen molar-refractivity contribution in [3.8, 4) is 0 Å². The molecule has 1 aliphatic carbocycles. The van der Waals surface area contributed by atoms with E-state index in [-0.39, 0.29) is 18.5 Å². The Labute approximate surface area is 124 Å². The molecule has 20 heavy (non-hydrogen) atoms. The third-order valence-electron chi connectivity index (χ3n) is 3.28. The Balaban J connectivity index is 1.98. The molecule has 1 amide bonds. The first-order valence-electron chi connectivity index (χ1n) is 6.27. The van der Waals surface area contributed by atoms with Crippen LogP contribution in [0, 0.1) is 0 Å². The van der Waals surface area contributed by atoms with Gasteiger partial charge in [-0.2, -0.15) is 0 Å². The fraction of sp³-hybridized carbons (Fsp3) is 0.286. The van der Waals surface area contributed by atoms with Gasteiger partial charge in [-0.1, -0.05) is 29.8 Å². The van der Waals surface area contributed by atoms with Gasteiger partial charge in [0.25, 0.3) is 5.91 Å². The van der Waals surface area contributed by atoms with Crippen LogP contribution in [0.2, 0.25) is 5.02 Å². The molecule has 3 rings (SSSR count). The number of hydrogen-bond donors (Lipinski definition) is 1. The molecule has 1 aliphatic rings. The van der Waals surface area contributed by atoms with Gasteiger partial charge in [0.05, 0.1) is 5.02 Å². The summed E-state index contributed by atoms with van der Waals surface area (Å²) in [6.07, 6.45) is 1.73. The van der Waals surface area contributed by atoms with Crippen molar-refractivity contribution in [1.29, 1.82) is 0 Å². The largest absolute Gasteiger partial charge is 0.480 e. The number of benzene rings is 1. The fourth-order valence-electron chi connectivity index (χ4n) is 2.18. The van der Waals surface area contributed by atoms with Gasteiger partial charge in [-0.25, -0.2) is 0 Å². The van der Waals surface area contributed by atoms with Gasteiger partial charge in [-0.05, 0) is 18.9 Å². The molecular weight excluding hydrogens is 298 g/mol. The molecule has 2 aromatic rings. The predicted octanol–water partition coefficient (Wildman–Crippen LogP) is 3.24. The highest BCUT2D eigenvalue weighted by Crippen LogP contribution is 2.37. The van der Waals surface area contributed by atoms with Gasteiger partial charge < -0.3 is 10.0 Å². The zero-order valence-corrected chi connectivity index (χ0v) is 12.1. The standard InChI is InChI=1S/C14H12ClNO3S/c15-12-9-3-1-2-4-10(9)20-13(12)14(19)16(7-11(17)18)8-5-6-8/h1-4,8H,5-7H2,(H,17,18). The topological polar surface area (TPSA) is 57.6 Å². The SMILES string of the molecule is O=C(O)CN(C(=O)c1sc2ccccc2c1Cl)C1CC1. The molecule has 0 atom stereocenters. The van der Waals surface area contributed by atoms with E-state index in [0.717, 1.165) is 22.9 Å². The summed E-state index contributed by atoms with van der Waals surface area (Å²) in [7, 11) is 0. The van der Waals surface area contributed by atoms with E-state index in [1.165, 1.54) is 16.2 Å². The number of carboxylic acid groups (broad SMARTS) is 1. The van der Waals surface area contributed by atoms with Gasteiger partial charge in [-0.3, -0.25) is 9.59 Å². The van der Waals surface area contributed by atoms with E-state index in [1.54, 1.807) is 0 Å². The molecule has 0 unspecified atom stereocenters. The van der Waals surface area contributed by atoms with Crippen LogP contribution in [0.5, 0.6) is 0 Å². The Morgan fingerprint density at radius 2 is 2.05 bits per heavy atom. The zero-order valence-electron chi connectivity index (χ0n) is 10.5. The van der Waals surface area contributed by atoms with Crippen molar-refractivity contribution >= 4 is 44.9 Å². The van der Waals surface area contributed by atoms with Crippen LogP contribution in [0.1, 0.15) is 22.5 Å². The maximum atomic E-state index is 12.5. The van der Waals surface area contributed by atoms with Crippen LogP contribution in [0.3, 0.4) is 0 Å². The monoisotopic (exact) mass is 309 g/mol. The van der Waals surface area contributed by atoms with Crippen LogP contribution in [0.4, 0.5) is 0 Å². The van der Waals surface area contributed by atoms with Gasteiger partial charge in [0.2, 0.25) is 0 Å². The number of fused-ring (bicyclic) bond motifs is 1. The van der Waals surface area contributed by atoms with Crippen molar-refractivity contribution in [2.24, 2.45) is 0 Å². The lowest BCUT2D eigenvalue weighted by molar-refractivity contribution is -0.137. The van der Waals surface area contributed by atoms with Crippen molar-refractivity contribution in [1.82, 2.24) is 4.90 Å². The number of carbonyl (C=O) groups excluding carboxylic acids is 1. The highest BCUT2D eigenvalue weighted by Gasteiger charge is 2.35. The molecule has 1 N–H and O–H groups in total. The number of rotatable bonds is 4. The van der Waals surface area contributed by atoms with Crippen LogP contribution < -0.4 is 0 Å². The zero-order chi connectivity index (χ0) is 14.3.